The Kier molecular flexibility index (Phi) is 4.14. The van der Waals surface area contributed by atoms with Crippen LogP contribution in [0.3, 0.4) is 0 Å². The molecule has 0 aromatic rings. The van der Waals surface area contributed by atoms with E-state index in [4.69, 9.17) is 5.11 Å². The number of aliphatic carboxylic acids is 1. The van der Waals surface area contributed by atoms with Gasteiger partial charge in [0.2, 0.25) is 0 Å². The van der Waals surface area contributed by atoms with E-state index in [1.807, 2.05) is 0 Å². The number of hydrogen-bond acceptors (Lipinski definition) is 3. The van der Waals surface area contributed by atoms with Crippen molar-refractivity contribution in [1.82, 2.24) is 4.90 Å². The number of nitrogens with zero attached hydrogens (tertiary/aromatic N) is 1. The van der Waals surface area contributed by atoms with Crippen molar-refractivity contribution in [3.63, 3.8) is 0 Å². The number of carbonyl (C=O) groups excluding carboxylic acids is 1. The van der Waals surface area contributed by atoms with E-state index in [2.05, 4.69) is 0 Å². The van der Waals surface area contributed by atoms with E-state index in [0.717, 1.165) is 25.5 Å². The molecule has 0 unspecified atom stereocenters. The predicted octanol–water partition coefficient (Wildman–Crippen LogP) is 1.57. The fourth-order valence-electron chi connectivity index (χ4n) is 1.59. The van der Waals surface area contributed by atoms with Gasteiger partial charge < -0.3 is 10.0 Å². The van der Waals surface area contributed by atoms with Gasteiger partial charge in [0.05, 0.1) is 0 Å². The standard InChI is InChI=1S/C10H12F3NO3/c11-10(12,13)8(15)7(9(16)17)6-14-4-2-1-3-5-14/h6H,1-5H2,(H,16,17)/b7-6-. The monoisotopic (exact) mass is 251 g/mol. The van der Waals surface area contributed by atoms with E-state index >= 15 is 0 Å². The average molecular weight is 251 g/mol. The van der Waals surface area contributed by atoms with Crippen molar-refractivity contribution in [3.8, 4) is 0 Å². The van der Waals surface area contributed by atoms with E-state index in [9.17, 15) is 22.8 Å². The number of Topliss-reactive ketones (excluding diaryl/α,β-unsaturated/α-hetero) is 1. The first-order valence-electron chi connectivity index (χ1n) is 5.13. The number of carboxylic acid groups (broad SMARTS) is 1. The number of halogens is 3. The van der Waals surface area contributed by atoms with Crippen LogP contribution in [0, 0.1) is 0 Å². The predicted molar refractivity (Wildman–Crippen MR) is 52.2 cm³/mol. The molecular weight excluding hydrogens is 239 g/mol. The van der Waals surface area contributed by atoms with Crippen molar-refractivity contribution in [2.75, 3.05) is 13.1 Å². The van der Waals surface area contributed by atoms with Gasteiger partial charge >= 0.3 is 12.1 Å². The summed E-state index contributed by atoms with van der Waals surface area (Å²) in [5.74, 6) is -4.16. The van der Waals surface area contributed by atoms with E-state index in [0.29, 0.717) is 13.1 Å². The topological polar surface area (TPSA) is 57.6 Å². The summed E-state index contributed by atoms with van der Waals surface area (Å²) in [6.45, 7) is 0.948. The number of ketones is 1. The highest BCUT2D eigenvalue weighted by Gasteiger charge is 2.43. The molecule has 0 amide bonds. The van der Waals surface area contributed by atoms with Crippen LogP contribution in [0.4, 0.5) is 13.2 Å². The molecule has 0 spiro atoms. The molecule has 7 heteroatoms. The van der Waals surface area contributed by atoms with Crippen LogP contribution in [0.2, 0.25) is 0 Å². The number of alkyl halides is 3. The molecule has 4 nitrogen and oxygen atoms in total. The quantitative estimate of drug-likeness (QED) is 0.470. The molecule has 0 saturated carbocycles. The SMILES string of the molecule is O=C(O)/C(=C\N1CCCCC1)C(=O)C(F)(F)F. The van der Waals surface area contributed by atoms with E-state index in [-0.39, 0.29) is 0 Å². The van der Waals surface area contributed by atoms with Crippen LogP contribution in [0.5, 0.6) is 0 Å². The van der Waals surface area contributed by atoms with Crippen molar-refractivity contribution >= 4 is 11.8 Å². The van der Waals surface area contributed by atoms with Gasteiger partial charge in [0, 0.05) is 19.3 Å². The lowest BCUT2D eigenvalue weighted by molar-refractivity contribution is -0.168. The number of hydrogen-bond donors (Lipinski definition) is 1. The summed E-state index contributed by atoms with van der Waals surface area (Å²) in [6.07, 6.45) is -1.83. The highest BCUT2D eigenvalue weighted by atomic mass is 19.4. The van der Waals surface area contributed by atoms with E-state index < -0.39 is 23.5 Å². The first-order chi connectivity index (χ1) is 7.82. The molecule has 0 atom stereocenters. The van der Waals surface area contributed by atoms with Gasteiger partial charge in [-0.15, -0.1) is 0 Å². The molecular formula is C10H12F3NO3. The Labute approximate surface area is 95.7 Å². The maximum absolute atomic E-state index is 12.1. The van der Waals surface area contributed by atoms with Gasteiger partial charge in [0.15, 0.2) is 0 Å². The molecule has 0 aliphatic carbocycles. The summed E-state index contributed by atoms with van der Waals surface area (Å²) >= 11 is 0. The van der Waals surface area contributed by atoms with E-state index in [1.54, 1.807) is 0 Å². The van der Waals surface area contributed by atoms with Gasteiger partial charge in [-0.1, -0.05) is 0 Å². The minimum Gasteiger partial charge on any atom is -0.478 e. The summed E-state index contributed by atoms with van der Waals surface area (Å²) in [4.78, 5) is 23.0. The molecule has 0 aromatic carbocycles. The molecule has 0 radical (unpaired) electrons. The van der Waals surface area contributed by atoms with Crippen LogP contribution in [0.15, 0.2) is 11.8 Å². The third-order valence-electron chi connectivity index (χ3n) is 2.43. The fraction of sp³-hybridized carbons (Fsp3) is 0.600. The summed E-state index contributed by atoms with van der Waals surface area (Å²) in [7, 11) is 0. The van der Waals surface area contributed by atoms with E-state index in [1.165, 1.54) is 4.90 Å². The molecule has 1 heterocycles. The first-order valence-corrected chi connectivity index (χ1v) is 5.13. The lowest BCUT2D eigenvalue weighted by Gasteiger charge is -2.25. The molecule has 1 aliphatic rings. The second kappa shape index (κ2) is 5.20. The van der Waals surface area contributed by atoms with Crippen molar-refractivity contribution in [2.45, 2.75) is 25.4 Å². The molecule has 1 rings (SSSR count). The molecule has 17 heavy (non-hydrogen) atoms. The smallest absolute Gasteiger partial charge is 0.455 e. The van der Waals surface area contributed by atoms with Gasteiger partial charge in [-0.05, 0) is 19.3 Å². The summed E-state index contributed by atoms with van der Waals surface area (Å²) in [6, 6.07) is 0. The second-order valence-corrected chi connectivity index (χ2v) is 3.77. The minimum atomic E-state index is -5.15. The highest BCUT2D eigenvalue weighted by molar-refractivity contribution is 6.18. The summed E-state index contributed by atoms with van der Waals surface area (Å²) in [5.41, 5.74) is -1.22. The van der Waals surface area contributed by atoms with Crippen LogP contribution in [-0.2, 0) is 9.59 Å². The normalized spacial score (nSPS) is 18.1. The zero-order valence-corrected chi connectivity index (χ0v) is 8.96. The maximum atomic E-state index is 12.1. The number of rotatable bonds is 3. The largest absolute Gasteiger partial charge is 0.478 e. The Morgan fingerprint density at radius 1 is 1.12 bits per heavy atom. The van der Waals surface area contributed by atoms with Crippen molar-refractivity contribution < 1.29 is 27.9 Å². The Morgan fingerprint density at radius 3 is 2.06 bits per heavy atom. The van der Waals surface area contributed by atoms with Crippen LogP contribution in [0.1, 0.15) is 19.3 Å². The van der Waals surface area contributed by atoms with Gasteiger partial charge in [0.1, 0.15) is 5.57 Å². The third kappa shape index (κ3) is 3.76. The van der Waals surface area contributed by atoms with Crippen molar-refractivity contribution in [1.29, 1.82) is 0 Å². The Balaban J connectivity index is 2.88. The van der Waals surface area contributed by atoms with Crippen LogP contribution in [0.25, 0.3) is 0 Å². The van der Waals surface area contributed by atoms with Gasteiger partial charge in [-0.25, -0.2) is 4.79 Å². The first kappa shape index (κ1) is 13.5. The lowest BCUT2D eigenvalue weighted by Crippen LogP contribution is -2.32. The molecule has 1 saturated heterocycles. The van der Waals surface area contributed by atoms with Crippen molar-refractivity contribution in [3.05, 3.63) is 11.8 Å². The van der Waals surface area contributed by atoms with Crippen LogP contribution < -0.4 is 0 Å². The second-order valence-electron chi connectivity index (χ2n) is 3.77. The third-order valence-corrected chi connectivity index (χ3v) is 2.43. The maximum Gasteiger partial charge on any atom is 0.455 e. The average Bonchev–Trinajstić information content (AvgIpc) is 2.24. The van der Waals surface area contributed by atoms with Crippen LogP contribution in [-0.4, -0.2) is 41.0 Å². The molecule has 96 valence electrons. The number of piperidine rings is 1. The highest BCUT2D eigenvalue weighted by Crippen LogP contribution is 2.22. The minimum absolute atomic E-state index is 0.474. The number of likely N-dealkylation sites (tertiary alicyclic amines) is 1. The molecule has 0 aromatic heterocycles. The summed E-state index contributed by atoms with van der Waals surface area (Å²) in [5, 5.41) is 8.62. The number of carboxylic acids is 1. The Bertz CT molecular complexity index is 343. The molecule has 1 aliphatic heterocycles. The Morgan fingerprint density at radius 2 is 1.65 bits per heavy atom. The van der Waals surface area contributed by atoms with Crippen LogP contribution >= 0.6 is 0 Å². The van der Waals surface area contributed by atoms with Gasteiger partial charge in [-0.3, -0.25) is 4.79 Å². The Hall–Kier alpha value is -1.53. The zero-order chi connectivity index (χ0) is 13.1. The number of carbonyl (C=O) groups is 2. The molecule has 1 fully saturated rings. The zero-order valence-electron chi connectivity index (χ0n) is 8.96. The lowest BCUT2D eigenvalue weighted by atomic mass is 10.1. The van der Waals surface area contributed by atoms with Gasteiger partial charge in [0.25, 0.3) is 5.78 Å². The molecule has 1 N–H and O–H groups in total. The van der Waals surface area contributed by atoms with Gasteiger partial charge in [-0.2, -0.15) is 13.2 Å². The fourth-order valence-corrected chi connectivity index (χ4v) is 1.59. The summed E-state index contributed by atoms with van der Waals surface area (Å²) < 4.78 is 36.4. The van der Waals surface area contributed by atoms with Crippen molar-refractivity contribution in [2.24, 2.45) is 0 Å². The molecule has 0 bridgehead atoms.